The topological polar surface area (TPSA) is 67.9 Å². The number of aromatic nitrogens is 4. The molecule has 0 N–H and O–H groups in total. The van der Waals surface area contributed by atoms with Crippen LogP contribution in [0.25, 0.3) is 56.5 Å². The van der Waals surface area contributed by atoms with Gasteiger partial charge in [0.2, 0.25) is 11.8 Å². The number of aryl methyl sites for hydroxylation is 2. The van der Waals surface area contributed by atoms with E-state index in [9.17, 15) is 0 Å². The molecule has 0 amide bonds. The van der Waals surface area contributed by atoms with Crippen LogP contribution >= 0.6 is 0 Å². The van der Waals surface area contributed by atoms with Crippen molar-refractivity contribution in [1.29, 1.82) is 0 Å². The third-order valence-corrected chi connectivity index (χ3v) is 8.50. The Morgan fingerprint density at radius 1 is 0.396 bits per heavy atom. The second-order valence-corrected chi connectivity index (χ2v) is 11.7. The zero-order valence-electron chi connectivity index (χ0n) is 26.6. The average molecular weight is 622 g/mol. The van der Waals surface area contributed by atoms with Gasteiger partial charge in [0.25, 0.3) is 0 Å². The van der Waals surface area contributed by atoms with Crippen LogP contribution in [0.2, 0.25) is 0 Å². The molecule has 6 heteroatoms. The summed E-state index contributed by atoms with van der Waals surface area (Å²) in [5.41, 5.74) is 12.7. The maximum absolute atomic E-state index is 6.02. The van der Waals surface area contributed by atoms with Gasteiger partial charge in [0.1, 0.15) is 0 Å². The second-order valence-electron chi connectivity index (χ2n) is 11.7. The summed E-state index contributed by atoms with van der Waals surface area (Å²) >= 11 is 0. The first kappa shape index (κ1) is 29.0. The third-order valence-electron chi connectivity index (χ3n) is 8.50. The molecule has 0 aliphatic rings. The van der Waals surface area contributed by atoms with E-state index in [1.807, 2.05) is 66.7 Å². The molecule has 0 spiro atoms. The summed E-state index contributed by atoms with van der Waals surface area (Å²) in [5, 5.41) is 8.57. The van der Waals surface area contributed by atoms with Gasteiger partial charge in [-0.05, 0) is 85.6 Å². The van der Waals surface area contributed by atoms with Gasteiger partial charge in [0.05, 0.1) is 22.4 Å². The van der Waals surface area contributed by atoms with E-state index in [0.717, 1.165) is 72.9 Å². The zero-order chi connectivity index (χ0) is 32.5. The number of hydrogen-bond acceptors (Lipinski definition) is 6. The van der Waals surface area contributed by atoms with Gasteiger partial charge < -0.3 is 9.32 Å². The van der Waals surface area contributed by atoms with Crippen molar-refractivity contribution < 1.29 is 4.42 Å². The van der Waals surface area contributed by atoms with Crippen molar-refractivity contribution in [2.45, 2.75) is 13.8 Å². The number of hydrogen-bond donors (Lipinski definition) is 0. The highest BCUT2D eigenvalue weighted by molar-refractivity contribution is 5.90. The largest absolute Gasteiger partial charge is 0.416 e. The van der Waals surface area contributed by atoms with E-state index in [-0.39, 0.29) is 0 Å². The van der Waals surface area contributed by atoms with Gasteiger partial charge in [0, 0.05) is 39.3 Å². The molecule has 0 saturated heterocycles. The lowest BCUT2D eigenvalue weighted by Gasteiger charge is -2.25. The minimum absolute atomic E-state index is 0.479. The minimum Gasteiger partial charge on any atom is -0.416 e. The number of nitrogens with zero attached hydrogens (tertiary/aromatic N) is 5. The Morgan fingerprint density at radius 2 is 0.771 bits per heavy atom. The van der Waals surface area contributed by atoms with Gasteiger partial charge in [-0.15, -0.1) is 10.2 Å². The van der Waals surface area contributed by atoms with Crippen LogP contribution < -0.4 is 4.90 Å². The van der Waals surface area contributed by atoms with Gasteiger partial charge >= 0.3 is 0 Å². The van der Waals surface area contributed by atoms with Crippen LogP contribution in [-0.4, -0.2) is 20.2 Å². The predicted octanol–water partition coefficient (Wildman–Crippen LogP) is 10.8. The van der Waals surface area contributed by atoms with E-state index >= 15 is 0 Å². The Labute approximate surface area is 279 Å². The Morgan fingerprint density at radius 3 is 1.27 bits per heavy atom. The maximum Gasteiger partial charge on any atom is 0.248 e. The molecule has 0 radical (unpaired) electrons. The molecule has 0 fully saturated rings. The summed E-state index contributed by atoms with van der Waals surface area (Å²) in [6.07, 6.45) is 0. The Hall–Kier alpha value is -6.40. The molecule has 48 heavy (non-hydrogen) atoms. The van der Waals surface area contributed by atoms with Crippen LogP contribution in [-0.2, 0) is 0 Å². The monoisotopic (exact) mass is 621 g/mol. The van der Waals surface area contributed by atoms with Crippen LogP contribution in [0, 0.1) is 13.8 Å². The molecule has 8 rings (SSSR count). The van der Waals surface area contributed by atoms with E-state index in [2.05, 4.69) is 114 Å². The first-order chi connectivity index (χ1) is 23.6. The van der Waals surface area contributed by atoms with Crippen molar-refractivity contribution in [2.75, 3.05) is 4.90 Å². The van der Waals surface area contributed by atoms with Gasteiger partial charge in [-0.3, -0.25) is 0 Å². The summed E-state index contributed by atoms with van der Waals surface area (Å²) < 4.78 is 6.02. The molecule has 2 heterocycles. The molecular weight excluding hydrogens is 590 g/mol. The lowest BCUT2D eigenvalue weighted by Crippen LogP contribution is -2.09. The first-order valence-electron chi connectivity index (χ1n) is 15.9. The maximum atomic E-state index is 6.02. The number of fused-ring (bicyclic) bond motifs is 1. The van der Waals surface area contributed by atoms with Crippen LogP contribution in [0.15, 0.2) is 156 Å². The average Bonchev–Trinajstić information content (AvgIpc) is 3.65. The Bertz CT molecular complexity index is 2340. The molecule has 8 aromatic rings. The fourth-order valence-corrected chi connectivity index (χ4v) is 5.97. The molecule has 0 atom stereocenters. The highest BCUT2D eigenvalue weighted by Gasteiger charge is 2.18. The van der Waals surface area contributed by atoms with E-state index in [0.29, 0.717) is 11.8 Å². The normalized spacial score (nSPS) is 11.1. The molecule has 0 aliphatic carbocycles. The smallest absolute Gasteiger partial charge is 0.248 e. The molecular formula is C42H31N5O. The van der Waals surface area contributed by atoms with Crippen molar-refractivity contribution in [2.24, 2.45) is 0 Å². The molecule has 0 bridgehead atoms. The molecule has 0 unspecified atom stereocenters. The molecule has 0 aliphatic heterocycles. The Balaban J connectivity index is 1.17. The fourth-order valence-electron chi connectivity index (χ4n) is 5.97. The van der Waals surface area contributed by atoms with E-state index in [4.69, 9.17) is 14.4 Å². The lowest BCUT2D eigenvalue weighted by atomic mass is 10.0. The summed E-state index contributed by atoms with van der Waals surface area (Å²) in [4.78, 5) is 12.7. The predicted molar refractivity (Wildman–Crippen MR) is 193 cm³/mol. The summed E-state index contributed by atoms with van der Waals surface area (Å²) in [6.45, 7) is 4.18. The van der Waals surface area contributed by atoms with Crippen LogP contribution in [0.4, 0.5) is 17.1 Å². The number of para-hydroxylation sites is 1. The van der Waals surface area contributed by atoms with Gasteiger partial charge in [-0.1, -0.05) is 91.0 Å². The summed E-state index contributed by atoms with van der Waals surface area (Å²) in [7, 11) is 0. The minimum atomic E-state index is 0.479. The van der Waals surface area contributed by atoms with E-state index < -0.39 is 0 Å². The molecule has 2 aromatic heterocycles. The number of rotatable bonds is 7. The van der Waals surface area contributed by atoms with E-state index in [1.165, 1.54) is 0 Å². The van der Waals surface area contributed by atoms with Crippen molar-refractivity contribution in [3.8, 4) is 45.4 Å². The lowest BCUT2D eigenvalue weighted by molar-refractivity contribution is 0.584. The zero-order valence-corrected chi connectivity index (χ0v) is 26.6. The molecule has 6 nitrogen and oxygen atoms in total. The number of benzene rings is 6. The van der Waals surface area contributed by atoms with Gasteiger partial charge in [-0.25, -0.2) is 9.97 Å². The fraction of sp³-hybridized carbons (Fsp3) is 0.0476. The van der Waals surface area contributed by atoms with Gasteiger partial charge in [0.15, 0.2) is 0 Å². The molecule has 230 valence electrons. The summed E-state index contributed by atoms with van der Waals surface area (Å²) in [6, 6.07) is 51.4. The Kier molecular flexibility index (Phi) is 7.51. The van der Waals surface area contributed by atoms with Crippen LogP contribution in [0.5, 0.6) is 0 Å². The summed E-state index contributed by atoms with van der Waals surface area (Å²) in [5.74, 6) is 0.977. The molecule has 0 saturated carbocycles. The third kappa shape index (κ3) is 5.50. The van der Waals surface area contributed by atoms with Crippen molar-refractivity contribution in [1.82, 2.24) is 20.2 Å². The quantitative estimate of drug-likeness (QED) is 0.176. The SMILES string of the molecule is Cc1ccc(C)c2nc(-c3ccc(N(c4ccccc4)c4ccc(-c5nnc(-c6ccccc6)o5)cc4)cc3)c(-c3ccccc3)nc12. The first-order valence-corrected chi connectivity index (χ1v) is 15.9. The highest BCUT2D eigenvalue weighted by atomic mass is 16.4. The van der Waals surface area contributed by atoms with Crippen LogP contribution in [0.1, 0.15) is 11.1 Å². The second kappa shape index (κ2) is 12.4. The van der Waals surface area contributed by atoms with Crippen LogP contribution in [0.3, 0.4) is 0 Å². The van der Waals surface area contributed by atoms with Crippen molar-refractivity contribution >= 4 is 28.1 Å². The molecule has 6 aromatic carbocycles. The highest BCUT2D eigenvalue weighted by Crippen LogP contribution is 2.38. The standard InChI is InChI=1S/C42H31N5O/c1-28-18-19-29(2)38-37(28)43-39(30-12-6-3-7-13-30)40(44-38)31-20-24-35(25-21-31)47(34-16-10-5-11-17-34)36-26-22-33(23-27-36)42-46-45-41(48-42)32-14-8-4-9-15-32/h3-27H,1-2H3. The van der Waals surface area contributed by atoms with Crippen molar-refractivity contribution in [3.05, 3.63) is 163 Å². The van der Waals surface area contributed by atoms with E-state index in [1.54, 1.807) is 0 Å². The number of anilines is 3. The van der Waals surface area contributed by atoms with Crippen molar-refractivity contribution in [3.63, 3.8) is 0 Å². The van der Waals surface area contributed by atoms with Gasteiger partial charge in [-0.2, -0.15) is 0 Å².